The molecule has 0 aromatic rings. The van der Waals surface area contributed by atoms with Gasteiger partial charge in [-0.1, -0.05) is 0 Å². The minimum atomic E-state index is -3.22. The van der Waals surface area contributed by atoms with Gasteiger partial charge in [-0.2, -0.15) is 0 Å². The Morgan fingerprint density at radius 2 is 1.81 bits per heavy atom. The van der Waals surface area contributed by atoms with Gasteiger partial charge in [-0.25, -0.2) is 0 Å². The molecule has 7 heteroatoms. The molecule has 0 amide bonds. The van der Waals surface area contributed by atoms with E-state index in [0.29, 0.717) is 0 Å². The van der Waals surface area contributed by atoms with E-state index in [9.17, 15) is 14.2 Å². The number of carbonyl (C=O) groups is 2. The van der Waals surface area contributed by atoms with Crippen LogP contribution in [0.5, 0.6) is 0 Å². The fraction of sp³-hybridized carbons (Fsp3) is 0.778. The lowest BCUT2D eigenvalue weighted by Crippen LogP contribution is -2.26. The van der Waals surface area contributed by atoms with Gasteiger partial charge in [0.15, 0.2) is 0 Å². The molecule has 0 unspecified atom stereocenters. The number of hydrogen-bond acceptors (Lipinski definition) is 6. The Morgan fingerprint density at radius 3 is 2.19 bits per heavy atom. The van der Waals surface area contributed by atoms with Crippen LogP contribution in [-0.2, 0) is 28.2 Å². The van der Waals surface area contributed by atoms with Crippen LogP contribution >= 0.6 is 7.37 Å². The summed E-state index contributed by atoms with van der Waals surface area (Å²) in [6, 6.07) is 0. The molecule has 2 atom stereocenters. The van der Waals surface area contributed by atoms with E-state index in [-0.39, 0.29) is 13.0 Å². The number of hydrogen-bond donors (Lipinski definition) is 0. The lowest BCUT2D eigenvalue weighted by molar-refractivity contribution is -0.147. The summed E-state index contributed by atoms with van der Waals surface area (Å²) >= 11 is 0. The van der Waals surface area contributed by atoms with Crippen LogP contribution < -0.4 is 0 Å². The van der Waals surface area contributed by atoms with Crippen molar-refractivity contribution in [1.82, 2.24) is 0 Å². The van der Waals surface area contributed by atoms with Crippen LogP contribution in [0.4, 0.5) is 0 Å². The monoisotopic (exact) mass is 252 g/mol. The maximum absolute atomic E-state index is 12.0. The summed E-state index contributed by atoms with van der Waals surface area (Å²) in [7, 11) is -0.860. The van der Waals surface area contributed by atoms with Crippen molar-refractivity contribution >= 4 is 19.3 Å². The highest BCUT2D eigenvalue weighted by molar-refractivity contribution is 7.60. The Balaban J connectivity index is 4.86. The number of esters is 2. The zero-order chi connectivity index (χ0) is 12.8. The molecular formula is C9H17O6P. The van der Waals surface area contributed by atoms with Crippen molar-refractivity contribution in [3.05, 3.63) is 0 Å². The van der Waals surface area contributed by atoms with Crippen molar-refractivity contribution in [2.45, 2.75) is 19.0 Å². The molecule has 94 valence electrons. The van der Waals surface area contributed by atoms with Crippen molar-refractivity contribution < 1.29 is 28.2 Å². The Hall–Kier alpha value is -0.870. The minimum Gasteiger partial charge on any atom is -0.469 e. The molecule has 16 heavy (non-hydrogen) atoms. The summed E-state index contributed by atoms with van der Waals surface area (Å²) in [4.78, 5) is 22.5. The van der Waals surface area contributed by atoms with Crippen LogP contribution in [-0.4, -0.2) is 45.1 Å². The third-order valence-electron chi connectivity index (χ3n) is 2.01. The first-order valence-corrected chi connectivity index (χ1v) is 6.89. The van der Waals surface area contributed by atoms with Gasteiger partial charge in [-0.15, -0.1) is 0 Å². The largest absolute Gasteiger partial charge is 0.469 e. The molecule has 0 aliphatic rings. The minimum absolute atomic E-state index is 0.197. The molecule has 0 rings (SSSR count). The van der Waals surface area contributed by atoms with E-state index in [1.54, 1.807) is 6.92 Å². The van der Waals surface area contributed by atoms with Gasteiger partial charge in [0, 0.05) is 6.66 Å². The molecule has 0 aliphatic heterocycles. The Bertz CT molecular complexity index is 300. The highest BCUT2D eigenvalue weighted by atomic mass is 31.2. The van der Waals surface area contributed by atoms with Crippen molar-refractivity contribution in [3.63, 3.8) is 0 Å². The lowest BCUT2D eigenvalue weighted by Gasteiger charge is -2.20. The fourth-order valence-electron chi connectivity index (χ4n) is 1.16. The van der Waals surface area contributed by atoms with Gasteiger partial charge in [0.2, 0.25) is 7.37 Å². The van der Waals surface area contributed by atoms with Crippen molar-refractivity contribution in [2.24, 2.45) is 0 Å². The average molecular weight is 252 g/mol. The first kappa shape index (κ1) is 15.1. The molecule has 0 radical (unpaired) electrons. The molecular weight excluding hydrogens is 235 g/mol. The molecule has 0 aromatic heterocycles. The Morgan fingerprint density at radius 1 is 1.25 bits per heavy atom. The second-order valence-corrected chi connectivity index (χ2v) is 5.84. The first-order chi connectivity index (χ1) is 7.38. The number of ether oxygens (including phenoxy) is 2. The Labute approximate surface area is 94.7 Å². The highest BCUT2D eigenvalue weighted by Gasteiger charge is 2.38. The molecule has 0 saturated carbocycles. The predicted molar refractivity (Wildman–Crippen MR) is 57.6 cm³/mol. The normalized spacial score (nSPS) is 16.0. The smallest absolute Gasteiger partial charge is 0.319 e. The molecule has 0 heterocycles. The summed E-state index contributed by atoms with van der Waals surface area (Å²) in [6.07, 6.45) is -0.309. The summed E-state index contributed by atoms with van der Waals surface area (Å²) in [6.45, 7) is 3.16. The number of methoxy groups -OCH3 is 2. The molecule has 0 saturated heterocycles. The lowest BCUT2D eigenvalue weighted by atomic mass is 10.3. The van der Waals surface area contributed by atoms with E-state index in [0.717, 1.165) is 0 Å². The molecule has 0 fully saturated rings. The average Bonchev–Trinajstić information content (AvgIpc) is 2.24. The number of carbonyl (C=O) groups excluding carboxylic acids is 2. The van der Waals surface area contributed by atoms with Gasteiger partial charge in [0.05, 0.1) is 27.2 Å². The molecule has 0 spiro atoms. The van der Waals surface area contributed by atoms with Gasteiger partial charge in [0.25, 0.3) is 0 Å². The van der Waals surface area contributed by atoms with Crippen LogP contribution in [0.2, 0.25) is 0 Å². The van der Waals surface area contributed by atoms with Crippen LogP contribution in [0.25, 0.3) is 0 Å². The van der Waals surface area contributed by atoms with E-state index in [2.05, 4.69) is 9.47 Å². The first-order valence-electron chi connectivity index (χ1n) is 4.75. The highest BCUT2D eigenvalue weighted by Crippen LogP contribution is 2.49. The molecule has 0 N–H and O–H groups in total. The van der Waals surface area contributed by atoms with E-state index in [4.69, 9.17) is 4.52 Å². The van der Waals surface area contributed by atoms with Crippen LogP contribution in [0, 0.1) is 0 Å². The third kappa shape index (κ3) is 4.33. The zero-order valence-corrected chi connectivity index (χ0v) is 10.8. The zero-order valence-electron chi connectivity index (χ0n) is 9.89. The third-order valence-corrected chi connectivity index (χ3v) is 4.31. The van der Waals surface area contributed by atoms with Gasteiger partial charge in [-0.05, 0) is 6.92 Å². The van der Waals surface area contributed by atoms with Crippen LogP contribution in [0.15, 0.2) is 0 Å². The SMILES string of the molecule is CCO[P@@](C)(=O)[C@H](CC(=O)OC)C(=O)OC. The van der Waals surface area contributed by atoms with Crippen molar-refractivity contribution in [3.8, 4) is 0 Å². The van der Waals surface area contributed by atoms with Gasteiger partial charge >= 0.3 is 11.9 Å². The molecule has 0 bridgehead atoms. The predicted octanol–water partition coefficient (Wildman–Crippen LogP) is 1.04. The standard InChI is InChI=1S/C9H17O6P/c1-5-15-16(4,12)7(9(11)14-3)6-8(10)13-2/h7H,5-6H2,1-4H3/t7-,16-/m1/s1. The van der Waals surface area contributed by atoms with Crippen molar-refractivity contribution in [2.75, 3.05) is 27.5 Å². The Kier molecular flexibility index (Phi) is 6.29. The van der Waals surface area contributed by atoms with E-state index in [1.807, 2.05) is 0 Å². The molecule has 6 nitrogen and oxygen atoms in total. The van der Waals surface area contributed by atoms with Crippen LogP contribution in [0.3, 0.4) is 0 Å². The summed E-state index contributed by atoms with van der Waals surface area (Å²) in [5.41, 5.74) is -1.11. The van der Waals surface area contributed by atoms with Gasteiger partial charge < -0.3 is 14.0 Å². The number of rotatable bonds is 6. The maximum Gasteiger partial charge on any atom is 0.319 e. The quantitative estimate of drug-likeness (QED) is 0.519. The summed E-state index contributed by atoms with van der Waals surface area (Å²) in [5, 5.41) is 0. The fourth-order valence-corrected chi connectivity index (χ4v) is 2.83. The second kappa shape index (κ2) is 6.66. The topological polar surface area (TPSA) is 78.9 Å². The molecule has 0 aromatic carbocycles. The summed E-state index contributed by atoms with van der Waals surface area (Å²) < 4.78 is 26.0. The second-order valence-electron chi connectivity index (χ2n) is 3.15. The van der Waals surface area contributed by atoms with Crippen molar-refractivity contribution in [1.29, 1.82) is 0 Å². The van der Waals surface area contributed by atoms with E-state index >= 15 is 0 Å². The van der Waals surface area contributed by atoms with Gasteiger partial charge in [-0.3, -0.25) is 14.2 Å². The molecule has 0 aliphatic carbocycles. The van der Waals surface area contributed by atoms with E-state index in [1.165, 1.54) is 20.9 Å². The van der Waals surface area contributed by atoms with E-state index < -0.39 is 25.0 Å². The maximum atomic E-state index is 12.0. The summed E-state index contributed by atoms with van der Waals surface area (Å²) in [5.74, 6) is -1.36. The van der Waals surface area contributed by atoms with Crippen LogP contribution in [0.1, 0.15) is 13.3 Å². The van der Waals surface area contributed by atoms with Gasteiger partial charge in [0.1, 0.15) is 5.66 Å².